The lowest BCUT2D eigenvalue weighted by Crippen LogP contribution is -2.50. The number of fused-ring (bicyclic) bond motifs is 1. The van der Waals surface area contributed by atoms with Crippen molar-refractivity contribution >= 4 is 11.8 Å². The van der Waals surface area contributed by atoms with Gasteiger partial charge in [0.15, 0.2) is 12.2 Å². The van der Waals surface area contributed by atoms with Crippen LogP contribution in [-0.2, 0) is 22.7 Å². The predicted octanol–water partition coefficient (Wildman–Crippen LogP) is 2.16. The zero-order valence-corrected chi connectivity index (χ0v) is 18.1. The van der Waals surface area contributed by atoms with Gasteiger partial charge in [-0.25, -0.2) is 0 Å². The lowest BCUT2D eigenvalue weighted by molar-refractivity contribution is -0.153. The second-order valence-electron chi connectivity index (χ2n) is 8.36. The molecule has 1 aliphatic rings. The summed E-state index contributed by atoms with van der Waals surface area (Å²) < 4.78 is 5.65. The lowest BCUT2D eigenvalue weighted by Gasteiger charge is -2.24. The first-order valence-corrected chi connectivity index (χ1v) is 10.5. The minimum atomic E-state index is -1.85. The number of carbonyl (C=O) groups excluding carboxylic acids is 2. The molecular weight excluding hydrogens is 396 g/mol. The van der Waals surface area contributed by atoms with E-state index in [4.69, 9.17) is 4.74 Å². The Bertz CT molecular complexity index is 887. The van der Waals surface area contributed by atoms with Gasteiger partial charge in [0, 0.05) is 13.1 Å². The Hall–Kier alpha value is -2.90. The summed E-state index contributed by atoms with van der Waals surface area (Å²) in [5, 5.41) is 23.2. The maximum absolute atomic E-state index is 12.6. The molecule has 2 aromatic carbocycles. The molecule has 0 saturated carbocycles. The minimum Gasteiger partial charge on any atom is -0.493 e. The van der Waals surface area contributed by atoms with Gasteiger partial charge in [0.1, 0.15) is 5.75 Å². The Labute approximate surface area is 182 Å². The van der Waals surface area contributed by atoms with E-state index in [-0.39, 0.29) is 0 Å². The molecule has 0 spiro atoms. The monoisotopic (exact) mass is 426 g/mol. The molecule has 31 heavy (non-hydrogen) atoms. The average Bonchev–Trinajstić information content (AvgIpc) is 3.20. The van der Waals surface area contributed by atoms with Crippen LogP contribution in [0.3, 0.4) is 0 Å². The van der Waals surface area contributed by atoms with Crippen molar-refractivity contribution in [3.63, 3.8) is 0 Å². The number of carbonyl (C=O) groups is 2. The molecule has 0 radical (unpaired) electrons. The molecule has 1 aliphatic heterocycles. The van der Waals surface area contributed by atoms with Gasteiger partial charge in [0.2, 0.25) is 0 Å². The van der Waals surface area contributed by atoms with E-state index in [0.717, 1.165) is 22.4 Å². The van der Waals surface area contributed by atoms with Gasteiger partial charge in [-0.2, -0.15) is 0 Å². The maximum Gasteiger partial charge on any atom is 0.255 e. The Morgan fingerprint density at radius 3 is 2.10 bits per heavy atom. The number of ether oxygens (including phenoxy) is 1. The zero-order valence-electron chi connectivity index (χ0n) is 18.1. The molecule has 2 aromatic rings. The van der Waals surface area contributed by atoms with Gasteiger partial charge < -0.3 is 25.2 Å². The van der Waals surface area contributed by atoms with E-state index in [1.807, 2.05) is 48.5 Å². The summed E-state index contributed by atoms with van der Waals surface area (Å²) in [7, 11) is 0. The van der Waals surface area contributed by atoms with Crippen LogP contribution in [0.15, 0.2) is 48.5 Å². The standard InChI is InChI=1S/C24H30N2O5/c1-15(2)14-31-20-10-8-17(9-11-20)16(3)25-23(29)21(27)22(28)24(30)26-12-18-6-4-5-7-19(18)13-26/h4-11,15-16,21-22,27-28H,12-14H2,1-3H3,(H,25,29)/t16-,21+,22+/m0/s1. The van der Waals surface area contributed by atoms with Gasteiger partial charge >= 0.3 is 0 Å². The highest BCUT2D eigenvalue weighted by molar-refractivity contribution is 5.91. The van der Waals surface area contributed by atoms with Crippen molar-refractivity contribution in [3.8, 4) is 5.75 Å². The van der Waals surface area contributed by atoms with Gasteiger partial charge in [0.05, 0.1) is 12.6 Å². The molecule has 7 heteroatoms. The third-order valence-corrected chi connectivity index (χ3v) is 5.30. The van der Waals surface area contributed by atoms with Crippen molar-refractivity contribution in [3.05, 3.63) is 65.2 Å². The van der Waals surface area contributed by atoms with Gasteiger partial charge in [-0.05, 0) is 41.7 Å². The average molecular weight is 427 g/mol. The number of hydrogen-bond acceptors (Lipinski definition) is 5. The largest absolute Gasteiger partial charge is 0.493 e. The van der Waals surface area contributed by atoms with Crippen LogP contribution >= 0.6 is 0 Å². The first kappa shape index (κ1) is 22.8. The number of aliphatic hydroxyl groups is 2. The Morgan fingerprint density at radius 2 is 1.55 bits per heavy atom. The molecule has 0 unspecified atom stereocenters. The second kappa shape index (κ2) is 9.94. The van der Waals surface area contributed by atoms with Crippen molar-refractivity contribution < 1.29 is 24.5 Å². The molecule has 3 rings (SSSR count). The fraction of sp³-hybridized carbons (Fsp3) is 0.417. The van der Waals surface area contributed by atoms with Crippen molar-refractivity contribution in [2.24, 2.45) is 5.92 Å². The molecule has 166 valence electrons. The van der Waals surface area contributed by atoms with Crippen LogP contribution in [0.2, 0.25) is 0 Å². The number of aliphatic hydroxyl groups excluding tert-OH is 2. The molecule has 0 bridgehead atoms. The first-order chi connectivity index (χ1) is 14.8. The molecule has 7 nitrogen and oxygen atoms in total. The van der Waals surface area contributed by atoms with E-state index < -0.39 is 30.1 Å². The zero-order chi connectivity index (χ0) is 22.5. The summed E-state index contributed by atoms with van der Waals surface area (Å²) in [4.78, 5) is 26.5. The number of hydrogen-bond donors (Lipinski definition) is 3. The van der Waals surface area contributed by atoms with E-state index in [1.165, 1.54) is 4.90 Å². The van der Waals surface area contributed by atoms with Gasteiger partial charge in [-0.1, -0.05) is 50.2 Å². The molecular formula is C24H30N2O5. The molecule has 0 aliphatic carbocycles. The van der Waals surface area contributed by atoms with Crippen LogP contribution in [0.25, 0.3) is 0 Å². The number of rotatable bonds is 8. The Morgan fingerprint density at radius 1 is 0.968 bits per heavy atom. The van der Waals surface area contributed by atoms with Crippen LogP contribution < -0.4 is 10.1 Å². The van der Waals surface area contributed by atoms with Crippen molar-refractivity contribution in [2.75, 3.05) is 6.61 Å². The normalized spacial score (nSPS) is 15.9. The highest BCUT2D eigenvalue weighted by Crippen LogP contribution is 2.23. The maximum atomic E-state index is 12.6. The van der Waals surface area contributed by atoms with Crippen LogP contribution in [0.4, 0.5) is 0 Å². The van der Waals surface area contributed by atoms with Crippen LogP contribution in [0.5, 0.6) is 5.75 Å². The second-order valence-corrected chi connectivity index (χ2v) is 8.36. The summed E-state index contributed by atoms with van der Waals surface area (Å²) in [6.45, 7) is 7.22. The topological polar surface area (TPSA) is 99.1 Å². The van der Waals surface area contributed by atoms with E-state index in [1.54, 1.807) is 6.92 Å². The molecule has 2 amide bonds. The van der Waals surface area contributed by atoms with Crippen molar-refractivity contribution in [1.29, 1.82) is 0 Å². The summed E-state index contributed by atoms with van der Waals surface area (Å²) in [6, 6.07) is 14.5. The van der Waals surface area contributed by atoms with Crippen LogP contribution in [0, 0.1) is 5.92 Å². The summed E-state index contributed by atoms with van der Waals surface area (Å²) in [5.74, 6) is -0.310. The predicted molar refractivity (Wildman–Crippen MR) is 116 cm³/mol. The van der Waals surface area contributed by atoms with Gasteiger partial charge in [-0.3, -0.25) is 9.59 Å². The quantitative estimate of drug-likeness (QED) is 0.601. The summed E-state index contributed by atoms with van der Waals surface area (Å²) in [5.41, 5.74) is 2.81. The number of amides is 2. The fourth-order valence-electron chi connectivity index (χ4n) is 3.45. The smallest absolute Gasteiger partial charge is 0.255 e. The summed E-state index contributed by atoms with van der Waals surface area (Å²) in [6.07, 6.45) is -3.68. The SMILES string of the molecule is CC(C)COc1ccc([C@H](C)NC(=O)[C@H](O)[C@@H](O)C(=O)N2Cc3ccccc3C2)cc1. The van der Waals surface area contributed by atoms with Crippen LogP contribution in [-0.4, -0.2) is 45.7 Å². The van der Waals surface area contributed by atoms with Crippen molar-refractivity contribution in [1.82, 2.24) is 10.2 Å². The minimum absolute atomic E-state index is 0.349. The van der Waals surface area contributed by atoms with Crippen LogP contribution in [0.1, 0.15) is 43.5 Å². The first-order valence-electron chi connectivity index (χ1n) is 10.5. The van der Waals surface area contributed by atoms with E-state index >= 15 is 0 Å². The highest BCUT2D eigenvalue weighted by atomic mass is 16.5. The lowest BCUT2D eigenvalue weighted by atomic mass is 10.1. The fourth-order valence-corrected chi connectivity index (χ4v) is 3.45. The molecule has 1 heterocycles. The van der Waals surface area contributed by atoms with E-state index in [9.17, 15) is 19.8 Å². The third-order valence-electron chi connectivity index (χ3n) is 5.30. The highest BCUT2D eigenvalue weighted by Gasteiger charge is 2.35. The molecule has 3 N–H and O–H groups in total. The molecule has 0 aromatic heterocycles. The number of nitrogens with one attached hydrogen (secondary N) is 1. The molecule has 0 saturated heterocycles. The molecule has 0 fully saturated rings. The number of benzene rings is 2. The Kier molecular flexibility index (Phi) is 7.30. The summed E-state index contributed by atoms with van der Waals surface area (Å²) >= 11 is 0. The van der Waals surface area contributed by atoms with Crippen molar-refractivity contribution in [2.45, 2.75) is 52.1 Å². The van der Waals surface area contributed by atoms with Gasteiger partial charge in [0.25, 0.3) is 11.8 Å². The number of nitrogens with zero attached hydrogens (tertiary/aromatic N) is 1. The van der Waals surface area contributed by atoms with Gasteiger partial charge in [-0.15, -0.1) is 0 Å². The third kappa shape index (κ3) is 5.62. The van der Waals surface area contributed by atoms with E-state index in [0.29, 0.717) is 25.6 Å². The molecule has 3 atom stereocenters. The Balaban J connectivity index is 1.54. The van der Waals surface area contributed by atoms with E-state index in [2.05, 4.69) is 19.2 Å².